The second kappa shape index (κ2) is 5.99. The van der Waals surface area contributed by atoms with Crippen molar-refractivity contribution < 1.29 is 19.1 Å². The number of carbonyl (C=O) groups excluding carboxylic acids is 2. The molecule has 0 spiro atoms. The Morgan fingerprint density at radius 2 is 1.95 bits per heavy atom. The molecule has 0 unspecified atom stereocenters. The lowest BCUT2D eigenvalue weighted by Gasteiger charge is -2.16. The van der Waals surface area contributed by atoms with Crippen LogP contribution in [0.2, 0.25) is 0 Å². The Hall–Kier alpha value is -2.30. The van der Waals surface area contributed by atoms with Gasteiger partial charge < -0.3 is 14.8 Å². The molecule has 1 N–H and O–H groups in total. The Morgan fingerprint density at radius 3 is 2.67 bits per heavy atom. The topological polar surface area (TPSA) is 64.6 Å². The van der Waals surface area contributed by atoms with Crippen molar-refractivity contribution in [2.75, 3.05) is 13.3 Å². The van der Waals surface area contributed by atoms with Crippen LogP contribution in [0.4, 0.5) is 0 Å². The SMILES string of the molecule is CC(C)(C)C(=O)CNC(=O)/C=C/c1ccc2c(c1)OCO2. The van der Waals surface area contributed by atoms with E-state index in [1.807, 2.05) is 26.8 Å². The number of benzene rings is 1. The average Bonchev–Trinajstić information content (AvgIpc) is 2.88. The van der Waals surface area contributed by atoms with Crippen molar-refractivity contribution in [3.8, 4) is 11.5 Å². The maximum atomic E-state index is 11.7. The lowest BCUT2D eigenvalue weighted by Crippen LogP contribution is -2.34. The van der Waals surface area contributed by atoms with E-state index in [2.05, 4.69) is 5.32 Å². The van der Waals surface area contributed by atoms with Gasteiger partial charge in [-0.1, -0.05) is 26.8 Å². The molecule has 1 aromatic carbocycles. The van der Waals surface area contributed by atoms with Gasteiger partial charge in [0.1, 0.15) is 0 Å². The minimum atomic E-state index is -0.450. The summed E-state index contributed by atoms with van der Waals surface area (Å²) in [5, 5.41) is 2.58. The van der Waals surface area contributed by atoms with E-state index in [-0.39, 0.29) is 25.0 Å². The number of fused-ring (bicyclic) bond motifs is 1. The van der Waals surface area contributed by atoms with Gasteiger partial charge in [0.25, 0.3) is 0 Å². The fourth-order valence-electron chi connectivity index (χ4n) is 1.68. The van der Waals surface area contributed by atoms with Crippen molar-refractivity contribution >= 4 is 17.8 Å². The zero-order valence-electron chi connectivity index (χ0n) is 12.4. The van der Waals surface area contributed by atoms with Crippen LogP contribution in [0.15, 0.2) is 24.3 Å². The molecule has 2 rings (SSSR count). The average molecular weight is 289 g/mol. The smallest absolute Gasteiger partial charge is 0.244 e. The molecule has 1 aliphatic rings. The molecule has 0 bridgehead atoms. The quantitative estimate of drug-likeness (QED) is 0.863. The summed E-state index contributed by atoms with van der Waals surface area (Å²) in [5.41, 5.74) is 0.380. The number of Topliss-reactive ketones (excluding diaryl/α,β-unsaturated/α-hetero) is 1. The molecule has 0 saturated heterocycles. The lowest BCUT2D eigenvalue weighted by molar-refractivity contribution is -0.127. The maximum Gasteiger partial charge on any atom is 0.244 e. The molecule has 1 heterocycles. The minimum absolute atomic E-state index is 0.00710. The van der Waals surface area contributed by atoms with Gasteiger partial charge >= 0.3 is 0 Å². The number of ether oxygens (including phenoxy) is 2. The minimum Gasteiger partial charge on any atom is -0.454 e. The Morgan fingerprint density at radius 1 is 1.24 bits per heavy atom. The third-order valence-electron chi connectivity index (χ3n) is 3.08. The molecule has 1 aromatic rings. The highest BCUT2D eigenvalue weighted by Crippen LogP contribution is 2.32. The van der Waals surface area contributed by atoms with E-state index >= 15 is 0 Å². The number of carbonyl (C=O) groups is 2. The van der Waals surface area contributed by atoms with Crippen molar-refractivity contribution in [2.45, 2.75) is 20.8 Å². The number of hydrogen-bond donors (Lipinski definition) is 1. The number of hydrogen-bond acceptors (Lipinski definition) is 4. The first-order valence-corrected chi connectivity index (χ1v) is 6.75. The third-order valence-corrected chi connectivity index (χ3v) is 3.08. The maximum absolute atomic E-state index is 11.7. The Labute approximate surface area is 123 Å². The normalized spacial score (nSPS) is 13.5. The van der Waals surface area contributed by atoms with Crippen molar-refractivity contribution in [1.29, 1.82) is 0 Å². The highest BCUT2D eigenvalue weighted by molar-refractivity contribution is 5.95. The summed E-state index contributed by atoms with van der Waals surface area (Å²) in [6, 6.07) is 5.42. The highest BCUT2D eigenvalue weighted by Gasteiger charge is 2.20. The summed E-state index contributed by atoms with van der Waals surface area (Å²) < 4.78 is 10.5. The molecule has 21 heavy (non-hydrogen) atoms. The van der Waals surface area contributed by atoms with Crippen molar-refractivity contribution in [3.05, 3.63) is 29.8 Å². The molecule has 0 radical (unpaired) electrons. The standard InChI is InChI=1S/C16H19NO4/c1-16(2,3)14(18)9-17-15(19)7-5-11-4-6-12-13(8-11)21-10-20-12/h4-8H,9-10H2,1-3H3,(H,17,19)/b7-5+. The van der Waals surface area contributed by atoms with E-state index < -0.39 is 5.41 Å². The summed E-state index contributed by atoms with van der Waals surface area (Å²) >= 11 is 0. The predicted molar refractivity (Wildman–Crippen MR) is 79.1 cm³/mol. The van der Waals surface area contributed by atoms with Gasteiger partial charge in [0, 0.05) is 11.5 Å². The van der Waals surface area contributed by atoms with E-state index in [0.29, 0.717) is 11.5 Å². The van der Waals surface area contributed by atoms with Crippen molar-refractivity contribution in [3.63, 3.8) is 0 Å². The van der Waals surface area contributed by atoms with Gasteiger partial charge in [-0.15, -0.1) is 0 Å². The monoisotopic (exact) mass is 289 g/mol. The van der Waals surface area contributed by atoms with Crippen LogP contribution in [-0.2, 0) is 9.59 Å². The fraction of sp³-hybridized carbons (Fsp3) is 0.375. The highest BCUT2D eigenvalue weighted by atomic mass is 16.7. The summed E-state index contributed by atoms with van der Waals surface area (Å²) in [4.78, 5) is 23.4. The molecule has 5 nitrogen and oxygen atoms in total. The molecule has 0 fully saturated rings. The zero-order chi connectivity index (χ0) is 15.5. The van der Waals surface area contributed by atoms with Gasteiger partial charge in [-0.05, 0) is 23.8 Å². The number of amides is 1. The van der Waals surface area contributed by atoms with Gasteiger partial charge in [0.05, 0.1) is 6.54 Å². The van der Waals surface area contributed by atoms with Crippen LogP contribution in [-0.4, -0.2) is 25.0 Å². The first kappa shape index (κ1) is 15.1. The van der Waals surface area contributed by atoms with E-state index in [4.69, 9.17) is 9.47 Å². The molecule has 1 amide bonds. The van der Waals surface area contributed by atoms with Crippen LogP contribution in [0, 0.1) is 5.41 Å². The predicted octanol–water partition coefficient (Wildman–Crippen LogP) is 2.16. The Balaban J connectivity index is 1.89. The van der Waals surface area contributed by atoms with Crippen LogP contribution < -0.4 is 14.8 Å². The summed E-state index contributed by atoms with van der Waals surface area (Å²) in [7, 11) is 0. The van der Waals surface area contributed by atoms with Gasteiger partial charge in [0.2, 0.25) is 12.7 Å². The van der Waals surface area contributed by atoms with E-state index in [0.717, 1.165) is 5.56 Å². The molecular weight excluding hydrogens is 270 g/mol. The van der Waals surface area contributed by atoms with Gasteiger partial charge in [-0.3, -0.25) is 9.59 Å². The van der Waals surface area contributed by atoms with Crippen LogP contribution >= 0.6 is 0 Å². The van der Waals surface area contributed by atoms with Crippen molar-refractivity contribution in [2.24, 2.45) is 5.41 Å². The van der Waals surface area contributed by atoms with Gasteiger partial charge in [-0.2, -0.15) is 0 Å². The summed E-state index contributed by atoms with van der Waals surface area (Å²) in [6.07, 6.45) is 3.06. The second-order valence-corrected chi connectivity index (χ2v) is 5.84. The van der Waals surface area contributed by atoms with Gasteiger partial charge in [-0.25, -0.2) is 0 Å². The van der Waals surface area contributed by atoms with Crippen LogP contribution in [0.1, 0.15) is 26.3 Å². The summed E-state index contributed by atoms with van der Waals surface area (Å²) in [6.45, 7) is 5.73. The van der Waals surface area contributed by atoms with Gasteiger partial charge in [0.15, 0.2) is 17.3 Å². The van der Waals surface area contributed by atoms with Crippen LogP contribution in [0.25, 0.3) is 6.08 Å². The number of nitrogens with one attached hydrogen (secondary N) is 1. The fourth-order valence-corrected chi connectivity index (χ4v) is 1.68. The number of ketones is 1. The second-order valence-electron chi connectivity index (χ2n) is 5.84. The summed E-state index contributed by atoms with van der Waals surface area (Å²) in [5.74, 6) is 1.06. The van der Waals surface area contributed by atoms with Crippen LogP contribution in [0.3, 0.4) is 0 Å². The number of rotatable bonds is 4. The molecule has 1 aliphatic heterocycles. The first-order valence-electron chi connectivity index (χ1n) is 6.75. The van der Waals surface area contributed by atoms with Crippen LogP contribution in [0.5, 0.6) is 11.5 Å². The molecule has 0 aliphatic carbocycles. The molecule has 0 saturated carbocycles. The van der Waals surface area contributed by atoms with E-state index in [1.54, 1.807) is 18.2 Å². The molecule has 112 valence electrons. The molecule has 0 aromatic heterocycles. The molecular formula is C16H19NO4. The lowest BCUT2D eigenvalue weighted by atomic mass is 9.91. The first-order chi connectivity index (χ1) is 9.86. The molecule has 5 heteroatoms. The van der Waals surface area contributed by atoms with E-state index in [9.17, 15) is 9.59 Å². The van der Waals surface area contributed by atoms with E-state index in [1.165, 1.54) is 6.08 Å². The largest absolute Gasteiger partial charge is 0.454 e. The third kappa shape index (κ3) is 4.08. The molecule has 0 atom stereocenters. The Bertz CT molecular complexity index is 584. The van der Waals surface area contributed by atoms with Crippen molar-refractivity contribution in [1.82, 2.24) is 5.32 Å². The zero-order valence-corrected chi connectivity index (χ0v) is 12.4. The Kier molecular flexibility index (Phi) is 4.31.